The fourth-order valence-electron chi connectivity index (χ4n) is 3.61. The molecule has 0 spiro atoms. The molecule has 2 heterocycles. The Kier molecular flexibility index (Phi) is 10.4. The lowest BCUT2D eigenvalue weighted by Crippen LogP contribution is -2.48. The Hall–Kier alpha value is -1.10. The lowest BCUT2D eigenvalue weighted by Gasteiger charge is -2.33. The number of aliphatic imine (C=N–C) groups is 1. The van der Waals surface area contributed by atoms with Gasteiger partial charge in [0.05, 0.1) is 19.6 Å². The molecule has 156 valence electrons. The van der Waals surface area contributed by atoms with Crippen molar-refractivity contribution in [2.75, 3.05) is 66.0 Å². The summed E-state index contributed by atoms with van der Waals surface area (Å²) in [6.45, 7) is 13.0. The topological polar surface area (TPSA) is 77.5 Å². The van der Waals surface area contributed by atoms with E-state index in [4.69, 9.17) is 9.73 Å². The van der Waals surface area contributed by atoms with Crippen LogP contribution < -0.4 is 5.32 Å². The van der Waals surface area contributed by atoms with E-state index in [0.717, 1.165) is 51.8 Å². The van der Waals surface area contributed by atoms with Gasteiger partial charge in [-0.2, -0.15) is 0 Å². The predicted octanol–water partition coefficient (Wildman–Crippen LogP) is 0.475. The van der Waals surface area contributed by atoms with Crippen molar-refractivity contribution in [3.05, 3.63) is 0 Å². The Morgan fingerprint density at radius 3 is 2.37 bits per heavy atom. The minimum absolute atomic E-state index is 0. The first-order valence-corrected chi connectivity index (χ1v) is 9.55. The van der Waals surface area contributed by atoms with Gasteiger partial charge in [-0.3, -0.25) is 19.5 Å². The first-order valence-electron chi connectivity index (χ1n) is 9.55. The molecule has 2 aliphatic rings. The molecule has 2 aliphatic heterocycles. The molecule has 2 unspecified atom stereocenters. The minimum Gasteiger partial charge on any atom is -0.469 e. The summed E-state index contributed by atoms with van der Waals surface area (Å²) in [5.74, 6) is 1.04. The summed E-state index contributed by atoms with van der Waals surface area (Å²) in [7, 11) is 1.45. The van der Waals surface area contributed by atoms with Crippen molar-refractivity contribution >= 4 is 41.8 Å². The normalized spacial score (nSPS) is 23.8. The Bertz CT molecular complexity index is 523. The van der Waals surface area contributed by atoms with Gasteiger partial charge in [-0.25, -0.2) is 0 Å². The fourth-order valence-corrected chi connectivity index (χ4v) is 3.61. The third-order valence-corrected chi connectivity index (χ3v) is 5.25. The van der Waals surface area contributed by atoms with Gasteiger partial charge in [0.2, 0.25) is 5.91 Å². The molecule has 2 saturated heterocycles. The van der Waals surface area contributed by atoms with Crippen LogP contribution in [-0.2, 0) is 14.3 Å². The summed E-state index contributed by atoms with van der Waals surface area (Å²) in [5.41, 5.74) is 0. The maximum absolute atomic E-state index is 11.9. The van der Waals surface area contributed by atoms with Gasteiger partial charge in [-0.15, -0.1) is 24.0 Å². The van der Waals surface area contributed by atoms with Gasteiger partial charge in [-0.1, -0.05) is 6.92 Å². The Balaban J connectivity index is 0.00000364. The number of likely N-dealkylation sites (tertiary alicyclic amines) is 1. The second kappa shape index (κ2) is 11.7. The van der Waals surface area contributed by atoms with E-state index in [-0.39, 0.29) is 47.7 Å². The quantitative estimate of drug-likeness (QED) is 0.259. The third-order valence-electron chi connectivity index (χ3n) is 5.25. The smallest absolute Gasteiger partial charge is 0.310 e. The summed E-state index contributed by atoms with van der Waals surface area (Å²) < 4.78 is 4.92. The van der Waals surface area contributed by atoms with Gasteiger partial charge >= 0.3 is 5.97 Å². The van der Waals surface area contributed by atoms with Crippen LogP contribution in [0.25, 0.3) is 0 Å². The Morgan fingerprint density at radius 1 is 1.15 bits per heavy atom. The molecule has 27 heavy (non-hydrogen) atoms. The van der Waals surface area contributed by atoms with Crippen molar-refractivity contribution in [3.8, 4) is 0 Å². The summed E-state index contributed by atoms with van der Waals surface area (Å²) in [5, 5.41) is 3.33. The zero-order valence-electron chi connectivity index (χ0n) is 16.9. The van der Waals surface area contributed by atoms with Crippen LogP contribution in [0.3, 0.4) is 0 Å². The number of piperazine rings is 1. The maximum Gasteiger partial charge on any atom is 0.310 e. The highest BCUT2D eigenvalue weighted by Gasteiger charge is 2.36. The van der Waals surface area contributed by atoms with E-state index >= 15 is 0 Å². The molecule has 2 atom stereocenters. The molecular formula is C18H34IN5O3. The van der Waals surface area contributed by atoms with Crippen LogP contribution in [0, 0.1) is 11.8 Å². The number of hydrogen-bond acceptors (Lipinski definition) is 5. The molecule has 9 heteroatoms. The van der Waals surface area contributed by atoms with E-state index in [1.165, 1.54) is 7.11 Å². The average Bonchev–Trinajstić information content (AvgIpc) is 3.02. The summed E-state index contributed by atoms with van der Waals surface area (Å²) in [6.07, 6.45) is 0. The predicted molar refractivity (Wildman–Crippen MR) is 116 cm³/mol. The number of carbonyl (C=O) groups excluding carboxylic acids is 2. The number of nitrogens with one attached hydrogen (secondary N) is 1. The van der Waals surface area contributed by atoms with Crippen LogP contribution in [0.1, 0.15) is 20.8 Å². The van der Waals surface area contributed by atoms with Crippen LogP contribution in [0.2, 0.25) is 0 Å². The molecule has 0 aromatic rings. The van der Waals surface area contributed by atoms with Crippen LogP contribution in [0.15, 0.2) is 4.99 Å². The summed E-state index contributed by atoms with van der Waals surface area (Å²) in [4.78, 5) is 34.4. The zero-order chi connectivity index (χ0) is 19.1. The second-order valence-electron chi connectivity index (χ2n) is 7.10. The van der Waals surface area contributed by atoms with Crippen molar-refractivity contribution in [1.82, 2.24) is 20.0 Å². The molecule has 0 saturated carbocycles. The molecule has 2 fully saturated rings. The molecule has 2 rings (SSSR count). The first kappa shape index (κ1) is 23.9. The number of hydrogen-bond donors (Lipinski definition) is 1. The number of halogens is 1. The van der Waals surface area contributed by atoms with Gasteiger partial charge < -0.3 is 19.9 Å². The van der Waals surface area contributed by atoms with Crippen LogP contribution >= 0.6 is 24.0 Å². The molecule has 0 aliphatic carbocycles. The fraction of sp³-hybridized carbons (Fsp3) is 0.833. The van der Waals surface area contributed by atoms with E-state index in [1.807, 2.05) is 11.8 Å². The van der Waals surface area contributed by atoms with Gasteiger partial charge in [-0.05, 0) is 12.8 Å². The standard InChI is InChI=1S/C18H33N5O3.HI/c1-5-19-18(23-12-14(2)16(13-23)17(25)26-4)20-6-7-21-8-10-22(11-9-21)15(3)24;/h14,16H,5-13H2,1-4H3,(H,19,20);1H. The molecule has 0 aromatic carbocycles. The SMILES string of the molecule is CCNC(=NCCN1CCN(C(C)=O)CC1)N1CC(C)C(C(=O)OC)C1.I. The highest BCUT2D eigenvalue weighted by Crippen LogP contribution is 2.24. The maximum atomic E-state index is 11.9. The highest BCUT2D eigenvalue weighted by atomic mass is 127. The molecule has 1 amide bonds. The molecular weight excluding hydrogens is 461 g/mol. The summed E-state index contributed by atoms with van der Waals surface area (Å²) >= 11 is 0. The van der Waals surface area contributed by atoms with E-state index < -0.39 is 0 Å². The minimum atomic E-state index is -0.140. The van der Waals surface area contributed by atoms with Crippen molar-refractivity contribution in [1.29, 1.82) is 0 Å². The zero-order valence-corrected chi connectivity index (χ0v) is 19.3. The number of amides is 1. The highest BCUT2D eigenvalue weighted by molar-refractivity contribution is 14.0. The largest absolute Gasteiger partial charge is 0.469 e. The van der Waals surface area contributed by atoms with E-state index in [9.17, 15) is 9.59 Å². The lowest BCUT2D eigenvalue weighted by atomic mass is 9.99. The number of guanidine groups is 1. The molecule has 0 bridgehead atoms. The van der Waals surface area contributed by atoms with Gasteiger partial charge in [0.15, 0.2) is 5.96 Å². The lowest BCUT2D eigenvalue weighted by molar-refractivity contribution is -0.146. The van der Waals surface area contributed by atoms with Crippen LogP contribution in [0.4, 0.5) is 0 Å². The molecule has 0 radical (unpaired) electrons. The van der Waals surface area contributed by atoms with E-state index in [1.54, 1.807) is 6.92 Å². The molecule has 0 aromatic heterocycles. The van der Waals surface area contributed by atoms with Crippen molar-refractivity contribution in [2.45, 2.75) is 20.8 Å². The summed E-state index contributed by atoms with van der Waals surface area (Å²) in [6, 6.07) is 0. The number of nitrogens with zero attached hydrogens (tertiary/aromatic N) is 4. The second-order valence-corrected chi connectivity index (χ2v) is 7.10. The van der Waals surface area contributed by atoms with Crippen molar-refractivity contribution in [3.63, 3.8) is 0 Å². The van der Waals surface area contributed by atoms with Gasteiger partial charge in [0, 0.05) is 59.3 Å². The number of ether oxygens (including phenoxy) is 1. The van der Waals surface area contributed by atoms with Gasteiger partial charge in [0.1, 0.15) is 0 Å². The molecule has 1 N–H and O–H groups in total. The van der Waals surface area contributed by atoms with Crippen LogP contribution in [-0.4, -0.2) is 98.5 Å². The third kappa shape index (κ3) is 6.78. The Morgan fingerprint density at radius 2 is 1.81 bits per heavy atom. The van der Waals surface area contributed by atoms with Crippen LogP contribution in [0.5, 0.6) is 0 Å². The van der Waals surface area contributed by atoms with E-state index in [0.29, 0.717) is 13.1 Å². The monoisotopic (exact) mass is 495 g/mol. The van der Waals surface area contributed by atoms with E-state index in [2.05, 4.69) is 22.0 Å². The van der Waals surface area contributed by atoms with Gasteiger partial charge in [0.25, 0.3) is 0 Å². The number of carbonyl (C=O) groups is 2. The number of methoxy groups -OCH3 is 1. The number of esters is 1. The number of rotatable bonds is 5. The Labute approximate surface area is 179 Å². The first-order chi connectivity index (χ1) is 12.5. The average molecular weight is 495 g/mol. The molecule has 8 nitrogen and oxygen atoms in total. The van der Waals surface area contributed by atoms with Crippen molar-refractivity contribution < 1.29 is 14.3 Å². The van der Waals surface area contributed by atoms with Crippen molar-refractivity contribution in [2.24, 2.45) is 16.8 Å².